The lowest BCUT2D eigenvalue weighted by Gasteiger charge is -2.04. The maximum Gasteiger partial charge on any atom is 0.155 e. The van der Waals surface area contributed by atoms with E-state index >= 15 is 0 Å². The molecule has 116 valence electrons. The van der Waals surface area contributed by atoms with Crippen LogP contribution in [-0.4, -0.2) is 16.1 Å². The van der Waals surface area contributed by atoms with Gasteiger partial charge in [-0.1, -0.05) is 23.7 Å². The van der Waals surface area contributed by atoms with Crippen LogP contribution in [0.1, 0.15) is 10.4 Å². The van der Waals surface area contributed by atoms with Crippen molar-refractivity contribution >= 4 is 33.8 Å². The van der Waals surface area contributed by atoms with Crippen molar-refractivity contribution in [1.29, 1.82) is 0 Å². The van der Waals surface area contributed by atoms with Crippen molar-refractivity contribution in [2.24, 2.45) is 0 Å². The molecule has 0 saturated heterocycles. The molecule has 1 aromatic heterocycles. The summed E-state index contributed by atoms with van der Waals surface area (Å²) in [6.45, 7) is 0. The molecule has 23 heavy (non-hydrogen) atoms. The summed E-state index contributed by atoms with van der Waals surface area (Å²) in [7, 11) is 0. The minimum Gasteiger partial charge on any atom is -0.298 e. The molecule has 0 atom stereocenters. The second-order valence-electron chi connectivity index (χ2n) is 4.66. The van der Waals surface area contributed by atoms with Crippen LogP contribution in [0.3, 0.4) is 0 Å². The lowest BCUT2D eigenvalue weighted by Crippen LogP contribution is -2.00. The molecule has 0 aliphatic heterocycles. The Bertz CT molecular complexity index is 911. The van der Waals surface area contributed by atoms with Crippen molar-refractivity contribution in [3.05, 3.63) is 69.3 Å². The summed E-state index contributed by atoms with van der Waals surface area (Å²) < 4.78 is 29.0. The third-order valence-corrected chi connectivity index (χ3v) is 4.34. The average molecular weight is 398 g/mol. The first kappa shape index (κ1) is 15.8. The predicted octanol–water partition coefficient (Wildman–Crippen LogP) is 5.05. The largest absolute Gasteiger partial charge is 0.298 e. The van der Waals surface area contributed by atoms with Crippen LogP contribution in [-0.2, 0) is 0 Å². The second-order valence-corrected chi connectivity index (χ2v) is 5.82. The number of hydrogen-bond acceptors (Lipinski definition) is 2. The number of carbonyl (C=O) groups is 1. The molecule has 0 unspecified atom stereocenters. The first-order chi connectivity index (χ1) is 11.0. The minimum atomic E-state index is -0.516. The molecule has 0 N–H and O–H groups in total. The number of aldehydes is 1. The molecular formula is C16H8BrClF2N2O. The molecule has 0 saturated carbocycles. The van der Waals surface area contributed by atoms with E-state index in [0.29, 0.717) is 6.29 Å². The SMILES string of the molecule is O=Cc1c(-c2cc(F)ccc2Cl)nn(-c2ccccc2F)c1Br. The maximum absolute atomic E-state index is 14.0. The van der Waals surface area contributed by atoms with Crippen molar-refractivity contribution < 1.29 is 13.6 Å². The van der Waals surface area contributed by atoms with Crippen LogP contribution in [0.4, 0.5) is 8.78 Å². The molecule has 3 nitrogen and oxygen atoms in total. The molecule has 0 radical (unpaired) electrons. The van der Waals surface area contributed by atoms with Gasteiger partial charge in [0.25, 0.3) is 0 Å². The summed E-state index contributed by atoms with van der Waals surface area (Å²) >= 11 is 9.32. The topological polar surface area (TPSA) is 34.9 Å². The van der Waals surface area contributed by atoms with Gasteiger partial charge in [-0.25, -0.2) is 13.5 Å². The third-order valence-electron chi connectivity index (χ3n) is 3.25. The molecule has 0 bridgehead atoms. The standard InChI is InChI=1S/C16H8BrClF2N2O/c17-16-11(8-23)15(10-7-9(19)5-6-12(10)18)21-22(16)14-4-2-1-3-13(14)20/h1-8H. The second kappa shape index (κ2) is 6.22. The van der Waals surface area contributed by atoms with E-state index in [-0.39, 0.29) is 32.1 Å². The summed E-state index contributed by atoms with van der Waals surface area (Å²) in [4.78, 5) is 11.4. The van der Waals surface area contributed by atoms with Gasteiger partial charge in [0, 0.05) is 5.56 Å². The average Bonchev–Trinajstić information content (AvgIpc) is 2.86. The lowest BCUT2D eigenvalue weighted by atomic mass is 10.1. The summed E-state index contributed by atoms with van der Waals surface area (Å²) in [5, 5.41) is 4.47. The number of benzene rings is 2. The van der Waals surface area contributed by atoms with E-state index < -0.39 is 11.6 Å². The Morgan fingerprint density at radius 3 is 2.61 bits per heavy atom. The number of rotatable bonds is 3. The molecular weight excluding hydrogens is 390 g/mol. The summed E-state index contributed by atoms with van der Waals surface area (Å²) in [6, 6.07) is 9.72. The maximum atomic E-state index is 14.0. The Hall–Kier alpha value is -2.05. The fourth-order valence-electron chi connectivity index (χ4n) is 2.18. The zero-order valence-electron chi connectivity index (χ0n) is 11.4. The van der Waals surface area contributed by atoms with E-state index in [0.717, 1.165) is 0 Å². The fraction of sp³-hybridized carbons (Fsp3) is 0. The van der Waals surface area contributed by atoms with E-state index in [9.17, 15) is 13.6 Å². The molecule has 0 spiro atoms. The van der Waals surface area contributed by atoms with E-state index in [1.54, 1.807) is 12.1 Å². The number of para-hydroxylation sites is 1. The molecule has 2 aromatic carbocycles. The highest BCUT2D eigenvalue weighted by Gasteiger charge is 2.21. The van der Waals surface area contributed by atoms with Gasteiger partial charge in [0.15, 0.2) is 6.29 Å². The van der Waals surface area contributed by atoms with Crippen LogP contribution in [0.25, 0.3) is 16.9 Å². The van der Waals surface area contributed by atoms with Gasteiger partial charge in [-0.2, -0.15) is 5.10 Å². The number of nitrogens with zero attached hydrogens (tertiary/aromatic N) is 2. The third kappa shape index (κ3) is 2.80. The smallest absolute Gasteiger partial charge is 0.155 e. The van der Waals surface area contributed by atoms with Gasteiger partial charge in [-0.15, -0.1) is 0 Å². The zero-order chi connectivity index (χ0) is 16.6. The van der Waals surface area contributed by atoms with Gasteiger partial charge in [0.2, 0.25) is 0 Å². The molecule has 0 fully saturated rings. The van der Waals surface area contributed by atoms with Gasteiger partial charge >= 0.3 is 0 Å². The predicted molar refractivity (Wildman–Crippen MR) is 87.0 cm³/mol. The lowest BCUT2D eigenvalue weighted by molar-refractivity contribution is 0.112. The Kier molecular flexibility index (Phi) is 4.28. The van der Waals surface area contributed by atoms with E-state index in [4.69, 9.17) is 11.6 Å². The highest BCUT2D eigenvalue weighted by molar-refractivity contribution is 9.10. The highest BCUT2D eigenvalue weighted by Crippen LogP contribution is 2.34. The summed E-state index contributed by atoms with van der Waals surface area (Å²) in [5.74, 6) is -1.03. The number of halogens is 4. The quantitative estimate of drug-likeness (QED) is 0.580. The van der Waals surface area contributed by atoms with Crippen molar-refractivity contribution in [2.75, 3.05) is 0 Å². The van der Waals surface area contributed by atoms with Gasteiger partial charge in [0.1, 0.15) is 27.6 Å². The molecule has 3 aromatic rings. The Morgan fingerprint density at radius 1 is 1.17 bits per heavy atom. The van der Waals surface area contributed by atoms with Crippen molar-refractivity contribution in [3.8, 4) is 16.9 Å². The normalized spacial score (nSPS) is 10.8. The van der Waals surface area contributed by atoms with Gasteiger partial charge in [-0.3, -0.25) is 4.79 Å². The molecule has 0 aliphatic carbocycles. The van der Waals surface area contributed by atoms with Crippen LogP contribution < -0.4 is 0 Å². The highest BCUT2D eigenvalue weighted by atomic mass is 79.9. The van der Waals surface area contributed by atoms with Gasteiger partial charge < -0.3 is 0 Å². The molecule has 3 rings (SSSR count). The molecule has 0 aliphatic rings. The fourth-order valence-corrected chi connectivity index (χ4v) is 2.93. The van der Waals surface area contributed by atoms with Crippen LogP contribution >= 0.6 is 27.5 Å². The Morgan fingerprint density at radius 2 is 1.91 bits per heavy atom. The first-order valence-corrected chi connectivity index (χ1v) is 7.64. The van der Waals surface area contributed by atoms with Gasteiger partial charge in [-0.05, 0) is 46.3 Å². The zero-order valence-corrected chi connectivity index (χ0v) is 13.8. The van der Waals surface area contributed by atoms with Crippen LogP contribution in [0, 0.1) is 11.6 Å². The molecule has 0 amide bonds. The van der Waals surface area contributed by atoms with Crippen molar-refractivity contribution in [3.63, 3.8) is 0 Å². The molecule has 1 heterocycles. The van der Waals surface area contributed by atoms with Crippen LogP contribution in [0.5, 0.6) is 0 Å². The monoisotopic (exact) mass is 396 g/mol. The minimum absolute atomic E-state index is 0.153. The van der Waals surface area contributed by atoms with E-state index in [1.807, 2.05) is 0 Å². The summed E-state index contributed by atoms with van der Waals surface area (Å²) in [6.07, 6.45) is 0.561. The summed E-state index contributed by atoms with van der Waals surface area (Å²) in [5.41, 5.74) is 0.728. The number of aromatic nitrogens is 2. The van der Waals surface area contributed by atoms with Crippen molar-refractivity contribution in [1.82, 2.24) is 9.78 Å². The Labute approximate surface area is 143 Å². The number of hydrogen-bond donors (Lipinski definition) is 0. The van der Waals surface area contributed by atoms with E-state index in [2.05, 4.69) is 21.0 Å². The van der Waals surface area contributed by atoms with Crippen LogP contribution in [0.2, 0.25) is 5.02 Å². The van der Waals surface area contributed by atoms with E-state index in [1.165, 1.54) is 35.0 Å². The first-order valence-electron chi connectivity index (χ1n) is 6.47. The van der Waals surface area contributed by atoms with Gasteiger partial charge in [0.05, 0.1) is 10.6 Å². The van der Waals surface area contributed by atoms with Crippen molar-refractivity contribution in [2.45, 2.75) is 0 Å². The number of carbonyl (C=O) groups excluding carboxylic acids is 1. The Balaban J connectivity index is 2.28. The van der Waals surface area contributed by atoms with Crippen LogP contribution in [0.15, 0.2) is 47.1 Å². The molecule has 7 heteroatoms.